The van der Waals surface area contributed by atoms with Crippen LogP contribution in [0.1, 0.15) is 60.3 Å². The number of Topliss-reactive ketones (excluding diaryl/α,β-unsaturated/α-hetero) is 1. The van der Waals surface area contributed by atoms with Crippen molar-refractivity contribution in [1.29, 1.82) is 0 Å². The van der Waals surface area contributed by atoms with E-state index in [2.05, 4.69) is 6.92 Å². The average molecular weight is 374 g/mol. The van der Waals surface area contributed by atoms with Gasteiger partial charge in [0.25, 0.3) is 0 Å². The van der Waals surface area contributed by atoms with E-state index in [0.717, 1.165) is 30.4 Å². The van der Waals surface area contributed by atoms with Crippen molar-refractivity contribution in [2.75, 3.05) is 6.61 Å². The number of rotatable bonds is 3. The SMILES string of the molecule is CC(=O)OCC1=C2C=C3C(=O)C(O)=C(C(C)C)[C@@]3(C)CC[C@]2(C)CC[C@@H]1O. The van der Waals surface area contributed by atoms with Crippen molar-refractivity contribution < 1.29 is 24.5 Å². The van der Waals surface area contributed by atoms with Crippen LogP contribution in [-0.2, 0) is 14.3 Å². The number of hydrogen-bond donors (Lipinski definition) is 2. The lowest BCUT2D eigenvalue weighted by Gasteiger charge is -2.39. The van der Waals surface area contributed by atoms with Crippen molar-refractivity contribution in [3.05, 3.63) is 34.1 Å². The molecule has 5 heteroatoms. The summed E-state index contributed by atoms with van der Waals surface area (Å²) in [6.45, 7) is 9.58. The summed E-state index contributed by atoms with van der Waals surface area (Å²) in [6, 6.07) is 0. The van der Waals surface area contributed by atoms with E-state index in [1.165, 1.54) is 6.92 Å². The summed E-state index contributed by atoms with van der Waals surface area (Å²) in [5.41, 5.74) is 2.29. The van der Waals surface area contributed by atoms with E-state index in [4.69, 9.17) is 4.74 Å². The zero-order valence-electron chi connectivity index (χ0n) is 16.9. The second-order valence-corrected chi connectivity index (χ2v) is 8.97. The molecule has 0 unspecified atom stereocenters. The highest BCUT2D eigenvalue weighted by Gasteiger charge is 2.51. The van der Waals surface area contributed by atoms with Gasteiger partial charge in [-0.05, 0) is 53.7 Å². The maximum absolute atomic E-state index is 12.9. The minimum Gasteiger partial charge on any atom is -0.504 e. The Morgan fingerprint density at radius 1 is 1.30 bits per heavy atom. The molecular formula is C22H30O5. The van der Waals surface area contributed by atoms with E-state index >= 15 is 0 Å². The number of carbonyl (C=O) groups excluding carboxylic acids is 2. The van der Waals surface area contributed by atoms with Crippen LogP contribution in [0, 0.1) is 16.7 Å². The highest BCUT2D eigenvalue weighted by atomic mass is 16.5. The molecule has 0 aliphatic heterocycles. The monoisotopic (exact) mass is 374 g/mol. The third-order valence-electron chi connectivity index (χ3n) is 6.75. The predicted octanol–water partition coefficient (Wildman–Crippen LogP) is 3.78. The van der Waals surface area contributed by atoms with Gasteiger partial charge in [-0.1, -0.05) is 33.8 Å². The quantitative estimate of drug-likeness (QED) is 0.735. The summed E-state index contributed by atoms with van der Waals surface area (Å²) in [5, 5.41) is 21.1. The van der Waals surface area contributed by atoms with Crippen LogP contribution in [0.15, 0.2) is 34.1 Å². The summed E-state index contributed by atoms with van der Waals surface area (Å²) >= 11 is 0. The first kappa shape index (κ1) is 19.9. The fourth-order valence-corrected chi connectivity index (χ4v) is 5.19. The molecule has 3 rings (SSSR count). The van der Waals surface area contributed by atoms with Crippen LogP contribution in [0.25, 0.3) is 0 Å². The van der Waals surface area contributed by atoms with Gasteiger partial charge in [0.2, 0.25) is 5.78 Å². The molecular weight excluding hydrogens is 344 g/mol. The number of esters is 1. The number of aliphatic hydroxyl groups is 2. The van der Waals surface area contributed by atoms with Crippen molar-refractivity contribution in [3.8, 4) is 0 Å². The van der Waals surface area contributed by atoms with Crippen molar-refractivity contribution in [2.24, 2.45) is 16.7 Å². The van der Waals surface area contributed by atoms with E-state index in [1.807, 2.05) is 26.8 Å². The van der Waals surface area contributed by atoms with Gasteiger partial charge in [0.1, 0.15) is 6.61 Å². The molecule has 0 amide bonds. The lowest BCUT2D eigenvalue weighted by atomic mass is 9.67. The summed E-state index contributed by atoms with van der Waals surface area (Å²) in [5.74, 6) is -0.768. The number of carbonyl (C=O) groups is 2. The number of allylic oxidation sites excluding steroid dienone is 4. The Hall–Kier alpha value is -1.88. The summed E-state index contributed by atoms with van der Waals surface area (Å²) in [7, 11) is 0. The van der Waals surface area contributed by atoms with Crippen LogP contribution in [0.4, 0.5) is 0 Å². The van der Waals surface area contributed by atoms with Gasteiger partial charge in [-0.2, -0.15) is 0 Å². The first-order valence-electron chi connectivity index (χ1n) is 9.76. The Bertz CT molecular complexity index is 785. The van der Waals surface area contributed by atoms with Crippen molar-refractivity contribution in [2.45, 2.75) is 66.4 Å². The number of ether oxygens (including phenoxy) is 1. The molecule has 0 aromatic carbocycles. The van der Waals surface area contributed by atoms with Gasteiger partial charge in [0, 0.05) is 17.9 Å². The Balaban J connectivity index is 2.18. The van der Waals surface area contributed by atoms with Crippen LogP contribution in [0.2, 0.25) is 0 Å². The zero-order valence-corrected chi connectivity index (χ0v) is 16.9. The Labute approximate surface area is 160 Å². The highest BCUT2D eigenvalue weighted by Crippen LogP contribution is 2.57. The molecule has 27 heavy (non-hydrogen) atoms. The van der Waals surface area contributed by atoms with Crippen LogP contribution in [-0.4, -0.2) is 34.7 Å². The fourth-order valence-electron chi connectivity index (χ4n) is 5.19. The zero-order chi connectivity index (χ0) is 20.1. The molecule has 3 atom stereocenters. The van der Waals surface area contributed by atoms with Gasteiger partial charge >= 0.3 is 5.97 Å². The molecule has 5 nitrogen and oxygen atoms in total. The first-order valence-corrected chi connectivity index (χ1v) is 9.76. The number of aliphatic hydroxyl groups excluding tert-OH is 2. The fraction of sp³-hybridized carbons (Fsp3) is 0.636. The van der Waals surface area contributed by atoms with Gasteiger partial charge in [-0.25, -0.2) is 0 Å². The maximum Gasteiger partial charge on any atom is 0.302 e. The lowest BCUT2D eigenvalue weighted by Crippen LogP contribution is -2.32. The average Bonchev–Trinajstić information content (AvgIpc) is 2.68. The molecule has 0 aromatic rings. The second-order valence-electron chi connectivity index (χ2n) is 8.97. The van der Waals surface area contributed by atoms with E-state index in [9.17, 15) is 19.8 Å². The largest absolute Gasteiger partial charge is 0.504 e. The molecule has 3 aliphatic carbocycles. The molecule has 0 saturated carbocycles. The molecule has 0 aromatic heterocycles. The molecule has 0 spiro atoms. The summed E-state index contributed by atoms with van der Waals surface area (Å²) in [6.07, 6.45) is 4.22. The number of fused-ring (bicyclic) bond motifs is 2. The third kappa shape index (κ3) is 3.06. The molecule has 0 fully saturated rings. The summed E-state index contributed by atoms with van der Waals surface area (Å²) in [4.78, 5) is 24.2. The van der Waals surface area contributed by atoms with Gasteiger partial charge in [-0.3, -0.25) is 9.59 Å². The van der Waals surface area contributed by atoms with Gasteiger partial charge in [-0.15, -0.1) is 0 Å². The number of hydrogen-bond acceptors (Lipinski definition) is 5. The van der Waals surface area contributed by atoms with Crippen molar-refractivity contribution in [1.82, 2.24) is 0 Å². The van der Waals surface area contributed by atoms with Gasteiger partial charge in [0.15, 0.2) is 5.76 Å². The van der Waals surface area contributed by atoms with E-state index < -0.39 is 17.5 Å². The Morgan fingerprint density at radius 3 is 2.56 bits per heavy atom. The molecule has 2 N–H and O–H groups in total. The standard InChI is InChI=1S/C22H30O5/c1-12(2)18-20(26)19(25)16-10-15-14(11-27-13(3)23)17(24)6-7-21(15,4)8-9-22(16,18)5/h10,12,17,24,26H,6-9,11H2,1-5H3/t17-,21-,22-/m0/s1. The Morgan fingerprint density at radius 2 is 1.96 bits per heavy atom. The van der Waals surface area contributed by atoms with Gasteiger partial charge < -0.3 is 14.9 Å². The molecule has 3 aliphatic rings. The normalized spacial score (nSPS) is 33.7. The highest BCUT2D eigenvalue weighted by molar-refractivity contribution is 6.12. The maximum atomic E-state index is 12.9. The van der Waals surface area contributed by atoms with E-state index in [0.29, 0.717) is 17.6 Å². The van der Waals surface area contributed by atoms with Crippen molar-refractivity contribution in [3.63, 3.8) is 0 Å². The predicted molar refractivity (Wildman–Crippen MR) is 102 cm³/mol. The van der Waals surface area contributed by atoms with Crippen LogP contribution in [0.5, 0.6) is 0 Å². The third-order valence-corrected chi connectivity index (χ3v) is 6.75. The van der Waals surface area contributed by atoms with Crippen LogP contribution >= 0.6 is 0 Å². The smallest absolute Gasteiger partial charge is 0.302 e. The molecule has 0 saturated heterocycles. The minimum absolute atomic E-state index is 0.0343. The van der Waals surface area contributed by atoms with E-state index in [1.54, 1.807) is 0 Å². The molecule has 0 bridgehead atoms. The van der Waals surface area contributed by atoms with E-state index in [-0.39, 0.29) is 29.5 Å². The summed E-state index contributed by atoms with van der Waals surface area (Å²) < 4.78 is 5.20. The molecule has 0 heterocycles. The molecule has 0 radical (unpaired) electrons. The van der Waals surface area contributed by atoms with Gasteiger partial charge in [0.05, 0.1) is 6.10 Å². The minimum atomic E-state index is -0.684. The topological polar surface area (TPSA) is 83.8 Å². The first-order chi connectivity index (χ1) is 12.5. The number of ketones is 1. The Kier molecular flexibility index (Phi) is 4.87. The lowest BCUT2D eigenvalue weighted by molar-refractivity contribution is -0.140. The second kappa shape index (κ2) is 6.62. The molecule has 148 valence electrons. The van der Waals surface area contributed by atoms with Crippen LogP contribution in [0.3, 0.4) is 0 Å². The van der Waals surface area contributed by atoms with Crippen molar-refractivity contribution >= 4 is 11.8 Å². The van der Waals surface area contributed by atoms with Crippen LogP contribution < -0.4 is 0 Å².